The molecule has 0 aliphatic carbocycles. The van der Waals surface area contributed by atoms with Crippen molar-refractivity contribution in [3.63, 3.8) is 0 Å². The molecule has 5 nitrogen and oxygen atoms in total. The number of carbonyl (C=O) groups is 1. The van der Waals surface area contributed by atoms with E-state index in [9.17, 15) is 4.79 Å². The average molecular weight is 371 g/mol. The highest BCUT2D eigenvalue weighted by molar-refractivity contribution is 5.80. The zero-order chi connectivity index (χ0) is 19.4. The molecule has 0 N–H and O–H groups in total. The largest absolute Gasteiger partial charge is 0.348 e. The normalized spacial score (nSPS) is 16.9. The van der Waals surface area contributed by atoms with Crippen LogP contribution in [0.1, 0.15) is 37.7 Å². The van der Waals surface area contributed by atoms with Crippen LogP contribution in [0.3, 0.4) is 0 Å². The van der Waals surface area contributed by atoms with Gasteiger partial charge in [-0.15, -0.1) is 0 Å². The fourth-order valence-corrected chi connectivity index (χ4v) is 4.05. The first-order chi connectivity index (χ1) is 13.0. The lowest BCUT2D eigenvalue weighted by Gasteiger charge is -2.37. The minimum Gasteiger partial charge on any atom is -0.348 e. The van der Waals surface area contributed by atoms with Crippen LogP contribution in [-0.2, 0) is 11.3 Å². The van der Waals surface area contributed by atoms with Crippen molar-refractivity contribution in [1.82, 2.24) is 18.9 Å². The Labute approximate surface area is 163 Å². The summed E-state index contributed by atoms with van der Waals surface area (Å²) >= 11 is 0. The van der Waals surface area contributed by atoms with Crippen LogP contribution in [0.5, 0.6) is 0 Å². The Morgan fingerprint density at radius 2 is 1.56 bits per heavy atom. The van der Waals surface area contributed by atoms with Crippen LogP contribution in [0.2, 0.25) is 0 Å². The van der Waals surface area contributed by atoms with Crippen LogP contribution >= 0.6 is 0 Å². The average Bonchev–Trinajstić information content (AvgIpc) is 3.28. The second-order valence-electron chi connectivity index (χ2n) is 8.21. The van der Waals surface area contributed by atoms with Crippen molar-refractivity contribution >= 4 is 5.91 Å². The van der Waals surface area contributed by atoms with Crippen molar-refractivity contribution in [1.29, 1.82) is 0 Å². The molecule has 0 bridgehead atoms. The molecule has 1 saturated heterocycles. The summed E-state index contributed by atoms with van der Waals surface area (Å²) < 4.78 is 4.45. The molecule has 1 amide bonds. The van der Waals surface area contributed by atoms with Crippen molar-refractivity contribution in [3.8, 4) is 0 Å². The van der Waals surface area contributed by atoms with Crippen molar-refractivity contribution in [3.05, 3.63) is 48.0 Å². The van der Waals surface area contributed by atoms with E-state index in [-0.39, 0.29) is 11.9 Å². The predicted octanol–water partition coefficient (Wildman–Crippen LogP) is 3.34. The van der Waals surface area contributed by atoms with E-state index in [1.165, 1.54) is 11.4 Å². The molecule has 3 rings (SSSR count). The van der Waals surface area contributed by atoms with Crippen LogP contribution in [-0.4, -0.2) is 57.6 Å². The minimum atomic E-state index is -0.0725. The molecule has 1 unspecified atom stereocenters. The van der Waals surface area contributed by atoms with Gasteiger partial charge in [0.2, 0.25) is 5.91 Å². The molecule has 1 aliphatic rings. The molecule has 1 atom stereocenters. The van der Waals surface area contributed by atoms with Crippen molar-refractivity contribution in [2.45, 2.75) is 46.7 Å². The third-order valence-electron chi connectivity index (χ3n) is 5.71. The number of amides is 1. The van der Waals surface area contributed by atoms with Gasteiger partial charge >= 0.3 is 0 Å². The first-order valence-electron chi connectivity index (χ1n) is 10.2. The molecule has 0 spiro atoms. The summed E-state index contributed by atoms with van der Waals surface area (Å²) in [6.45, 7) is 14.4. The van der Waals surface area contributed by atoms with E-state index in [1.807, 2.05) is 24.5 Å². The number of hydrogen-bond acceptors (Lipinski definition) is 2. The number of rotatable bonds is 7. The molecular weight excluding hydrogens is 336 g/mol. The quantitative estimate of drug-likeness (QED) is 0.749. The van der Waals surface area contributed by atoms with Crippen molar-refractivity contribution in [2.75, 3.05) is 32.7 Å². The maximum atomic E-state index is 13.2. The topological polar surface area (TPSA) is 33.4 Å². The lowest BCUT2D eigenvalue weighted by atomic mass is 10.0. The molecule has 1 aliphatic heterocycles. The molecule has 0 aromatic carbocycles. The summed E-state index contributed by atoms with van der Waals surface area (Å²) in [7, 11) is 0. The highest BCUT2D eigenvalue weighted by Gasteiger charge is 2.28. The lowest BCUT2D eigenvalue weighted by molar-refractivity contribution is -0.137. The van der Waals surface area contributed by atoms with Gasteiger partial charge in [0.05, 0.1) is 0 Å². The third kappa shape index (κ3) is 4.83. The van der Waals surface area contributed by atoms with Gasteiger partial charge in [-0.3, -0.25) is 9.69 Å². The second-order valence-corrected chi connectivity index (χ2v) is 8.21. The first kappa shape index (κ1) is 19.7. The minimum absolute atomic E-state index is 0.0725. The Balaban J connectivity index is 1.53. The zero-order valence-corrected chi connectivity index (χ0v) is 17.3. The van der Waals surface area contributed by atoms with E-state index < -0.39 is 0 Å². The van der Waals surface area contributed by atoms with Crippen molar-refractivity contribution < 1.29 is 4.79 Å². The highest BCUT2D eigenvalue weighted by atomic mass is 16.2. The molecule has 148 valence electrons. The van der Waals surface area contributed by atoms with Crippen LogP contribution < -0.4 is 0 Å². The Hall–Kier alpha value is -2.01. The van der Waals surface area contributed by atoms with Crippen LogP contribution in [0, 0.1) is 19.8 Å². The van der Waals surface area contributed by atoms with Gasteiger partial charge in [0, 0.05) is 63.1 Å². The van der Waals surface area contributed by atoms with Gasteiger partial charge in [-0.2, -0.15) is 0 Å². The number of piperazine rings is 1. The van der Waals surface area contributed by atoms with Gasteiger partial charge < -0.3 is 14.0 Å². The predicted molar refractivity (Wildman–Crippen MR) is 110 cm³/mol. The maximum absolute atomic E-state index is 13.2. The SMILES string of the molecule is Cc1ccc(C)n1CCN1CCN(C(=O)C(CC(C)C)n2cccc2)CC1. The van der Waals surface area contributed by atoms with E-state index in [2.05, 4.69) is 58.8 Å². The van der Waals surface area contributed by atoms with Crippen molar-refractivity contribution in [2.24, 2.45) is 5.92 Å². The highest BCUT2D eigenvalue weighted by Crippen LogP contribution is 2.21. The van der Waals surface area contributed by atoms with Gasteiger partial charge in [-0.1, -0.05) is 13.8 Å². The van der Waals surface area contributed by atoms with Gasteiger partial charge in [-0.05, 0) is 50.5 Å². The second kappa shape index (κ2) is 8.79. The summed E-state index contributed by atoms with van der Waals surface area (Å²) in [5.41, 5.74) is 2.65. The Morgan fingerprint density at radius 1 is 0.963 bits per heavy atom. The molecule has 0 radical (unpaired) electrons. The van der Waals surface area contributed by atoms with Gasteiger partial charge in [0.15, 0.2) is 0 Å². The molecule has 1 fully saturated rings. The van der Waals surface area contributed by atoms with E-state index in [0.717, 1.165) is 45.7 Å². The van der Waals surface area contributed by atoms with E-state index >= 15 is 0 Å². The summed E-state index contributed by atoms with van der Waals surface area (Å²) in [6, 6.07) is 8.30. The number of carbonyl (C=O) groups excluding carboxylic acids is 1. The summed E-state index contributed by atoms with van der Waals surface area (Å²) in [6.07, 6.45) is 4.92. The van der Waals surface area contributed by atoms with Crippen LogP contribution in [0.25, 0.3) is 0 Å². The number of hydrogen-bond donors (Lipinski definition) is 0. The fraction of sp³-hybridized carbons (Fsp3) is 0.591. The van der Waals surface area contributed by atoms with Gasteiger partial charge in [0.25, 0.3) is 0 Å². The third-order valence-corrected chi connectivity index (χ3v) is 5.71. The lowest BCUT2D eigenvalue weighted by Crippen LogP contribution is -2.51. The smallest absolute Gasteiger partial charge is 0.245 e. The van der Waals surface area contributed by atoms with E-state index in [0.29, 0.717) is 5.92 Å². The molecule has 2 aromatic rings. The summed E-state index contributed by atoms with van der Waals surface area (Å²) in [4.78, 5) is 17.7. The fourth-order valence-electron chi connectivity index (χ4n) is 4.05. The Bertz CT molecular complexity index is 704. The number of aryl methyl sites for hydroxylation is 2. The van der Waals surface area contributed by atoms with Gasteiger partial charge in [-0.25, -0.2) is 0 Å². The molecule has 2 aromatic heterocycles. The Morgan fingerprint density at radius 3 is 2.11 bits per heavy atom. The molecule has 0 saturated carbocycles. The zero-order valence-electron chi connectivity index (χ0n) is 17.3. The first-order valence-corrected chi connectivity index (χ1v) is 10.2. The maximum Gasteiger partial charge on any atom is 0.245 e. The molecule has 3 heterocycles. The monoisotopic (exact) mass is 370 g/mol. The molecule has 5 heteroatoms. The number of nitrogens with zero attached hydrogens (tertiary/aromatic N) is 4. The standard InChI is InChI=1S/C22H34N4O/c1-18(2)17-21(24-9-5-6-10-24)22(27)25-14-11-23(12-15-25)13-16-26-19(3)7-8-20(26)4/h5-10,18,21H,11-17H2,1-4H3. The molecular formula is C22H34N4O. The number of aromatic nitrogens is 2. The van der Waals surface area contributed by atoms with Crippen LogP contribution in [0.15, 0.2) is 36.7 Å². The van der Waals surface area contributed by atoms with E-state index in [1.54, 1.807) is 0 Å². The van der Waals surface area contributed by atoms with Crippen LogP contribution in [0.4, 0.5) is 0 Å². The summed E-state index contributed by atoms with van der Waals surface area (Å²) in [5.74, 6) is 0.771. The Kier molecular flexibility index (Phi) is 6.42. The van der Waals surface area contributed by atoms with E-state index in [4.69, 9.17) is 0 Å². The van der Waals surface area contributed by atoms with Gasteiger partial charge in [0.1, 0.15) is 6.04 Å². The molecule has 27 heavy (non-hydrogen) atoms. The summed E-state index contributed by atoms with van der Waals surface area (Å²) in [5, 5.41) is 0.